The largest absolute Gasteiger partial charge is 0.390 e. The molecule has 4 nitrogen and oxygen atoms in total. The van der Waals surface area contributed by atoms with Crippen LogP contribution in [0.1, 0.15) is 11.4 Å². The summed E-state index contributed by atoms with van der Waals surface area (Å²) in [5, 5.41) is 24.3. The quantitative estimate of drug-likeness (QED) is 0.579. The maximum absolute atomic E-state index is 8.54. The zero-order valence-corrected chi connectivity index (χ0v) is 5.36. The van der Waals surface area contributed by atoms with Gasteiger partial charge in [-0.3, -0.25) is 0 Å². The van der Waals surface area contributed by atoms with E-state index in [2.05, 4.69) is 10.2 Å². The first-order chi connectivity index (χ1) is 4.86. The number of aliphatic hydroxyl groups excluding tert-OH is 2. The summed E-state index contributed by atoms with van der Waals surface area (Å²) in [7, 11) is 0. The first kappa shape index (κ1) is 7.11. The van der Waals surface area contributed by atoms with Crippen molar-refractivity contribution in [1.29, 1.82) is 0 Å². The molecular formula is C6H8N2O2. The summed E-state index contributed by atoms with van der Waals surface area (Å²) in [6.45, 7) is -0.225. The van der Waals surface area contributed by atoms with Gasteiger partial charge in [-0.25, -0.2) is 0 Å². The molecule has 4 heteroatoms. The second kappa shape index (κ2) is 3.24. The minimum atomic E-state index is -0.112. The molecule has 0 aliphatic heterocycles. The first-order valence-corrected chi connectivity index (χ1v) is 2.90. The maximum Gasteiger partial charge on any atom is 0.0885 e. The number of aromatic nitrogens is 2. The highest BCUT2D eigenvalue weighted by atomic mass is 16.3. The predicted octanol–water partition coefficient (Wildman–Crippen LogP) is -0.539. The molecule has 54 valence electrons. The van der Waals surface area contributed by atoms with Crippen LogP contribution < -0.4 is 0 Å². The molecule has 1 heterocycles. The number of aliphatic hydroxyl groups is 2. The van der Waals surface area contributed by atoms with E-state index in [1.165, 1.54) is 0 Å². The van der Waals surface area contributed by atoms with Crippen molar-refractivity contribution in [2.45, 2.75) is 13.2 Å². The summed E-state index contributed by atoms with van der Waals surface area (Å²) in [4.78, 5) is 0. The molecule has 10 heavy (non-hydrogen) atoms. The van der Waals surface area contributed by atoms with Crippen LogP contribution in [0.15, 0.2) is 12.1 Å². The third-order valence-corrected chi connectivity index (χ3v) is 1.10. The van der Waals surface area contributed by atoms with Crippen LogP contribution in [0.5, 0.6) is 0 Å². The molecule has 1 aromatic heterocycles. The maximum atomic E-state index is 8.54. The minimum absolute atomic E-state index is 0.112. The van der Waals surface area contributed by atoms with E-state index in [0.717, 1.165) is 0 Å². The van der Waals surface area contributed by atoms with Crippen molar-refractivity contribution in [1.82, 2.24) is 10.2 Å². The average molecular weight is 140 g/mol. The Balaban J connectivity index is 2.80. The summed E-state index contributed by atoms with van der Waals surface area (Å²) >= 11 is 0. The Bertz CT molecular complexity index is 174. The molecule has 0 atom stereocenters. The van der Waals surface area contributed by atoms with Crippen molar-refractivity contribution in [3.05, 3.63) is 23.5 Å². The molecule has 2 N–H and O–H groups in total. The van der Waals surface area contributed by atoms with Crippen molar-refractivity contribution in [3.63, 3.8) is 0 Å². The topological polar surface area (TPSA) is 66.2 Å². The highest BCUT2D eigenvalue weighted by Crippen LogP contribution is 1.94. The molecular weight excluding hydrogens is 132 g/mol. The van der Waals surface area contributed by atoms with Gasteiger partial charge >= 0.3 is 0 Å². The Kier molecular flexibility index (Phi) is 2.30. The van der Waals surface area contributed by atoms with Crippen LogP contribution in [0.25, 0.3) is 0 Å². The monoisotopic (exact) mass is 140 g/mol. The third-order valence-electron chi connectivity index (χ3n) is 1.10. The molecule has 0 bridgehead atoms. The van der Waals surface area contributed by atoms with E-state index in [4.69, 9.17) is 10.2 Å². The summed E-state index contributed by atoms with van der Waals surface area (Å²) in [5.74, 6) is 0. The lowest BCUT2D eigenvalue weighted by molar-refractivity contribution is 0.267. The van der Waals surface area contributed by atoms with Crippen molar-refractivity contribution in [2.24, 2.45) is 0 Å². The number of hydrogen-bond donors (Lipinski definition) is 2. The van der Waals surface area contributed by atoms with Gasteiger partial charge in [-0.2, -0.15) is 10.2 Å². The second-order valence-corrected chi connectivity index (χ2v) is 1.83. The van der Waals surface area contributed by atoms with Gasteiger partial charge in [0.25, 0.3) is 0 Å². The van der Waals surface area contributed by atoms with E-state index in [0.29, 0.717) is 11.4 Å². The first-order valence-electron chi connectivity index (χ1n) is 2.90. The van der Waals surface area contributed by atoms with Crippen LogP contribution in [-0.4, -0.2) is 20.4 Å². The number of nitrogens with zero attached hydrogens (tertiary/aromatic N) is 2. The number of hydrogen-bond acceptors (Lipinski definition) is 4. The minimum Gasteiger partial charge on any atom is -0.390 e. The Morgan fingerprint density at radius 3 is 1.60 bits per heavy atom. The van der Waals surface area contributed by atoms with Crippen molar-refractivity contribution in [2.75, 3.05) is 0 Å². The molecule has 0 spiro atoms. The van der Waals surface area contributed by atoms with Crippen molar-refractivity contribution < 1.29 is 10.2 Å². The van der Waals surface area contributed by atoms with Gasteiger partial charge in [-0.15, -0.1) is 0 Å². The molecule has 0 aliphatic rings. The molecule has 0 aromatic carbocycles. The normalized spacial score (nSPS) is 9.80. The van der Waals surface area contributed by atoms with Crippen molar-refractivity contribution in [3.8, 4) is 0 Å². The molecule has 0 saturated carbocycles. The number of rotatable bonds is 2. The van der Waals surface area contributed by atoms with Crippen LogP contribution in [0.3, 0.4) is 0 Å². The molecule has 0 saturated heterocycles. The lowest BCUT2D eigenvalue weighted by Crippen LogP contribution is -1.96. The molecule has 0 fully saturated rings. The van der Waals surface area contributed by atoms with Gasteiger partial charge in [0.2, 0.25) is 0 Å². The zero-order valence-electron chi connectivity index (χ0n) is 5.36. The molecule has 0 unspecified atom stereocenters. The van der Waals surface area contributed by atoms with E-state index >= 15 is 0 Å². The van der Waals surface area contributed by atoms with Crippen LogP contribution in [0, 0.1) is 0 Å². The lowest BCUT2D eigenvalue weighted by Gasteiger charge is -1.94. The van der Waals surface area contributed by atoms with E-state index in [1.54, 1.807) is 12.1 Å². The highest BCUT2D eigenvalue weighted by molar-refractivity contribution is 5.04. The fourth-order valence-corrected chi connectivity index (χ4v) is 0.556. The Morgan fingerprint density at radius 2 is 1.40 bits per heavy atom. The van der Waals surface area contributed by atoms with Crippen molar-refractivity contribution >= 4 is 0 Å². The molecule has 1 aromatic rings. The van der Waals surface area contributed by atoms with E-state index in [1.807, 2.05) is 0 Å². The SMILES string of the molecule is OCc1ccc(CO)nn1. The summed E-state index contributed by atoms with van der Waals surface area (Å²) in [5.41, 5.74) is 1.02. The summed E-state index contributed by atoms with van der Waals surface area (Å²) in [6.07, 6.45) is 0. The average Bonchev–Trinajstić information content (AvgIpc) is 2.05. The standard InChI is InChI=1S/C6H8N2O2/c9-3-5-1-2-6(4-10)8-7-5/h1-2,9-10H,3-4H2. The van der Waals surface area contributed by atoms with E-state index in [-0.39, 0.29) is 13.2 Å². The van der Waals surface area contributed by atoms with Gasteiger partial charge in [0.05, 0.1) is 24.6 Å². The van der Waals surface area contributed by atoms with Gasteiger partial charge in [0.1, 0.15) is 0 Å². The molecule has 0 radical (unpaired) electrons. The Hall–Kier alpha value is -1.00. The molecule has 0 amide bonds. The van der Waals surface area contributed by atoms with Gasteiger partial charge in [0.15, 0.2) is 0 Å². The Labute approximate surface area is 58.2 Å². The summed E-state index contributed by atoms with van der Waals surface area (Å²) < 4.78 is 0. The van der Waals surface area contributed by atoms with Gasteiger partial charge in [-0.05, 0) is 12.1 Å². The van der Waals surface area contributed by atoms with Crippen LogP contribution in [-0.2, 0) is 13.2 Å². The highest BCUT2D eigenvalue weighted by Gasteiger charge is 1.93. The second-order valence-electron chi connectivity index (χ2n) is 1.83. The zero-order chi connectivity index (χ0) is 7.40. The molecule has 0 aliphatic carbocycles. The van der Waals surface area contributed by atoms with E-state index < -0.39 is 0 Å². The lowest BCUT2D eigenvalue weighted by atomic mass is 10.3. The van der Waals surface area contributed by atoms with Gasteiger partial charge < -0.3 is 10.2 Å². The van der Waals surface area contributed by atoms with Gasteiger partial charge in [-0.1, -0.05) is 0 Å². The van der Waals surface area contributed by atoms with Crippen LogP contribution in [0.4, 0.5) is 0 Å². The smallest absolute Gasteiger partial charge is 0.0885 e. The third kappa shape index (κ3) is 1.49. The van der Waals surface area contributed by atoms with Gasteiger partial charge in [0, 0.05) is 0 Å². The Morgan fingerprint density at radius 1 is 1.00 bits per heavy atom. The van der Waals surface area contributed by atoms with Crippen LogP contribution >= 0.6 is 0 Å². The fourth-order valence-electron chi connectivity index (χ4n) is 0.556. The van der Waals surface area contributed by atoms with E-state index in [9.17, 15) is 0 Å². The summed E-state index contributed by atoms with van der Waals surface area (Å²) in [6, 6.07) is 3.25. The van der Waals surface area contributed by atoms with Crippen LogP contribution in [0.2, 0.25) is 0 Å². The fraction of sp³-hybridized carbons (Fsp3) is 0.333. The predicted molar refractivity (Wildman–Crippen MR) is 33.9 cm³/mol. The molecule has 1 rings (SSSR count).